The normalized spacial score (nSPS) is 20.6. The predicted octanol–water partition coefficient (Wildman–Crippen LogP) is 7.82. The number of aliphatic hydroxyl groups excluding tert-OH is 1. The van der Waals surface area contributed by atoms with E-state index in [0.29, 0.717) is 31.1 Å². The summed E-state index contributed by atoms with van der Waals surface area (Å²) in [5.74, 6) is -0.285. The molecule has 0 bridgehead atoms. The Balaban J connectivity index is 1.34. The van der Waals surface area contributed by atoms with Gasteiger partial charge in [0.05, 0.1) is 32.0 Å². The van der Waals surface area contributed by atoms with E-state index in [4.69, 9.17) is 25.8 Å². The average Bonchev–Trinajstić information content (AvgIpc) is 3.01. The highest BCUT2D eigenvalue weighted by Gasteiger charge is 2.41. The van der Waals surface area contributed by atoms with Crippen LogP contribution in [0.5, 0.6) is 5.75 Å². The van der Waals surface area contributed by atoms with Gasteiger partial charge in [0.15, 0.2) is 0 Å². The number of ether oxygens (including phenoxy) is 4. The third-order valence-electron chi connectivity index (χ3n) is 7.28. The molecule has 5 rings (SSSR count). The molecule has 43 heavy (non-hydrogen) atoms. The van der Waals surface area contributed by atoms with Crippen molar-refractivity contribution < 1.29 is 37.2 Å². The molecule has 1 N–H and O–H groups in total. The van der Waals surface area contributed by atoms with Crippen LogP contribution in [-0.4, -0.2) is 36.4 Å². The number of hydrogen-bond acceptors (Lipinski definition) is 5. The van der Waals surface area contributed by atoms with Crippen LogP contribution in [0, 0.1) is 0 Å². The first-order chi connectivity index (χ1) is 20.8. The van der Waals surface area contributed by atoms with E-state index in [1.807, 2.05) is 72.8 Å². The van der Waals surface area contributed by atoms with E-state index in [9.17, 15) is 18.3 Å². The largest absolute Gasteiger partial charge is 0.573 e. The Morgan fingerprint density at radius 2 is 1.42 bits per heavy atom. The van der Waals surface area contributed by atoms with Crippen LogP contribution in [0.25, 0.3) is 0 Å². The predicted molar refractivity (Wildman–Crippen MR) is 157 cm³/mol. The van der Waals surface area contributed by atoms with Gasteiger partial charge in [-0.15, -0.1) is 13.2 Å². The summed E-state index contributed by atoms with van der Waals surface area (Å²) in [5, 5.41) is 10.9. The van der Waals surface area contributed by atoms with Crippen LogP contribution in [0.1, 0.15) is 40.3 Å². The minimum Gasteiger partial charge on any atom is -0.406 e. The Kier molecular flexibility index (Phi) is 10.4. The van der Waals surface area contributed by atoms with Crippen molar-refractivity contribution in [2.45, 2.75) is 56.8 Å². The van der Waals surface area contributed by atoms with E-state index in [1.165, 1.54) is 12.1 Å². The third kappa shape index (κ3) is 8.81. The summed E-state index contributed by atoms with van der Waals surface area (Å²) < 4.78 is 60.7. The Morgan fingerprint density at radius 3 is 2.02 bits per heavy atom. The van der Waals surface area contributed by atoms with Crippen LogP contribution in [0.4, 0.5) is 13.2 Å². The van der Waals surface area contributed by atoms with Gasteiger partial charge < -0.3 is 24.1 Å². The van der Waals surface area contributed by atoms with Crippen molar-refractivity contribution in [1.29, 1.82) is 0 Å². The zero-order valence-electron chi connectivity index (χ0n) is 23.3. The van der Waals surface area contributed by atoms with Crippen molar-refractivity contribution in [2.24, 2.45) is 0 Å². The van der Waals surface area contributed by atoms with Crippen molar-refractivity contribution in [3.05, 3.63) is 136 Å². The van der Waals surface area contributed by atoms with Crippen molar-refractivity contribution in [3.63, 3.8) is 0 Å². The van der Waals surface area contributed by atoms with Crippen molar-refractivity contribution in [2.75, 3.05) is 6.61 Å². The third-order valence-corrected chi connectivity index (χ3v) is 7.65. The molecule has 1 heterocycles. The Hall–Kier alpha value is -3.40. The van der Waals surface area contributed by atoms with Crippen LogP contribution in [0.2, 0.25) is 5.02 Å². The van der Waals surface area contributed by atoms with Gasteiger partial charge in [-0.1, -0.05) is 96.5 Å². The van der Waals surface area contributed by atoms with Gasteiger partial charge in [0.25, 0.3) is 0 Å². The maximum Gasteiger partial charge on any atom is 0.573 e. The topological polar surface area (TPSA) is 57.2 Å². The van der Waals surface area contributed by atoms with Gasteiger partial charge in [-0.05, 0) is 52.4 Å². The summed E-state index contributed by atoms with van der Waals surface area (Å²) >= 11 is 6.53. The number of alkyl halides is 3. The molecule has 0 amide bonds. The average molecular weight is 613 g/mol. The minimum absolute atomic E-state index is 0.256. The van der Waals surface area contributed by atoms with Crippen molar-refractivity contribution in [3.8, 4) is 5.75 Å². The zero-order chi connectivity index (χ0) is 30.2. The molecule has 0 saturated carbocycles. The van der Waals surface area contributed by atoms with E-state index in [-0.39, 0.29) is 18.5 Å². The van der Waals surface area contributed by atoms with Gasteiger partial charge in [-0.25, -0.2) is 0 Å². The van der Waals surface area contributed by atoms with Gasteiger partial charge in [0.2, 0.25) is 0 Å². The fourth-order valence-electron chi connectivity index (χ4n) is 5.17. The lowest BCUT2D eigenvalue weighted by molar-refractivity contribution is -0.274. The molecule has 0 aromatic heterocycles. The summed E-state index contributed by atoms with van der Waals surface area (Å²) in [6.45, 7) is 0.467. The van der Waals surface area contributed by atoms with E-state index < -0.39 is 24.7 Å². The molecule has 3 unspecified atom stereocenters. The maximum absolute atomic E-state index is 12.5. The molecule has 1 aliphatic heterocycles. The summed E-state index contributed by atoms with van der Waals surface area (Å²) in [5.41, 5.74) is 4.43. The second-order valence-corrected chi connectivity index (χ2v) is 10.8. The van der Waals surface area contributed by atoms with Crippen LogP contribution in [0.3, 0.4) is 0 Å². The minimum atomic E-state index is -4.75. The Morgan fingerprint density at radius 1 is 0.791 bits per heavy atom. The van der Waals surface area contributed by atoms with Crippen LogP contribution in [0.15, 0.2) is 103 Å². The summed E-state index contributed by atoms with van der Waals surface area (Å²) in [6.07, 6.45) is -5.80. The van der Waals surface area contributed by atoms with E-state index in [1.54, 1.807) is 18.2 Å². The molecule has 0 aliphatic carbocycles. The molecule has 5 nitrogen and oxygen atoms in total. The molecule has 4 atom stereocenters. The highest BCUT2D eigenvalue weighted by atomic mass is 35.5. The summed E-state index contributed by atoms with van der Waals surface area (Å²) in [6, 6.07) is 30.9. The van der Waals surface area contributed by atoms with Gasteiger partial charge in [0, 0.05) is 11.4 Å². The number of hydrogen-bond donors (Lipinski definition) is 1. The molecular formula is C34H32ClF3O5. The number of benzene rings is 4. The second kappa shape index (κ2) is 14.4. The SMILES string of the molecule is OCC1OC(c2ccc(Cl)c(Cc3ccc(OC(F)(F)F)cc3)c2)CC(OCc2ccccc2)[C@@H]1OCc1ccccc1. The smallest absolute Gasteiger partial charge is 0.406 e. The molecule has 1 aliphatic rings. The maximum atomic E-state index is 12.5. The molecule has 1 fully saturated rings. The van der Waals surface area contributed by atoms with Gasteiger partial charge in [-0.2, -0.15) is 0 Å². The summed E-state index contributed by atoms with van der Waals surface area (Å²) in [7, 11) is 0. The van der Waals surface area contributed by atoms with E-state index in [2.05, 4.69) is 4.74 Å². The highest BCUT2D eigenvalue weighted by Crippen LogP contribution is 2.37. The van der Waals surface area contributed by atoms with E-state index >= 15 is 0 Å². The first kappa shape index (κ1) is 31.0. The molecule has 226 valence electrons. The molecule has 0 spiro atoms. The van der Waals surface area contributed by atoms with Gasteiger partial charge in [-0.3, -0.25) is 0 Å². The number of rotatable bonds is 11. The fraction of sp³-hybridized carbons (Fsp3) is 0.294. The monoisotopic (exact) mass is 612 g/mol. The Labute approximate surface area is 253 Å². The highest BCUT2D eigenvalue weighted by molar-refractivity contribution is 6.31. The van der Waals surface area contributed by atoms with Crippen molar-refractivity contribution >= 4 is 11.6 Å². The standard InChI is InChI=1S/C34H32ClF3O5/c35-29-16-13-26(18-27(29)17-23-11-14-28(15-12-23)43-34(36,37)38)30-19-31(40-21-24-7-3-1-4-8-24)33(32(20-39)42-30)41-22-25-9-5-2-6-10-25/h1-16,18,30-33,39H,17,19-22H2/t30?,31?,32?,33-/m0/s1. The quantitative estimate of drug-likeness (QED) is 0.187. The molecule has 0 radical (unpaired) electrons. The summed E-state index contributed by atoms with van der Waals surface area (Å²) in [4.78, 5) is 0. The van der Waals surface area contributed by atoms with Crippen LogP contribution >= 0.6 is 11.6 Å². The fourth-order valence-corrected chi connectivity index (χ4v) is 5.36. The van der Waals surface area contributed by atoms with Crippen LogP contribution < -0.4 is 4.74 Å². The van der Waals surface area contributed by atoms with Gasteiger partial charge in [0.1, 0.15) is 18.0 Å². The Bertz CT molecular complexity index is 1430. The molecule has 4 aromatic carbocycles. The zero-order valence-corrected chi connectivity index (χ0v) is 24.0. The second-order valence-electron chi connectivity index (χ2n) is 10.4. The molecular weight excluding hydrogens is 581 g/mol. The lowest BCUT2D eigenvalue weighted by Gasteiger charge is -2.41. The lowest BCUT2D eigenvalue weighted by Crippen LogP contribution is -2.50. The lowest BCUT2D eigenvalue weighted by atomic mass is 9.92. The number of aliphatic hydroxyl groups is 1. The first-order valence-corrected chi connectivity index (χ1v) is 14.4. The molecule has 4 aromatic rings. The van der Waals surface area contributed by atoms with Gasteiger partial charge >= 0.3 is 6.36 Å². The molecule has 9 heteroatoms. The number of halogens is 4. The molecule has 1 saturated heterocycles. The first-order valence-electron chi connectivity index (χ1n) is 14.0. The van der Waals surface area contributed by atoms with Crippen LogP contribution in [-0.2, 0) is 33.8 Å². The van der Waals surface area contributed by atoms with Crippen molar-refractivity contribution in [1.82, 2.24) is 0 Å². The van der Waals surface area contributed by atoms with E-state index in [0.717, 1.165) is 27.8 Å².